The molecule has 3 atom stereocenters. The van der Waals surface area contributed by atoms with Crippen LogP contribution in [0.25, 0.3) is 5.65 Å². The quantitative estimate of drug-likeness (QED) is 0.783. The van der Waals surface area contributed by atoms with Crippen molar-refractivity contribution in [1.82, 2.24) is 14.6 Å². The van der Waals surface area contributed by atoms with Crippen molar-refractivity contribution in [2.24, 2.45) is 11.8 Å². The molecule has 0 radical (unpaired) electrons. The summed E-state index contributed by atoms with van der Waals surface area (Å²) in [5, 5.41) is 20.3. The molecule has 1 N–H and O–H groups in total. The van der Waals surface area contributed by atoms with Gasteiger partial charge in [0.1, 0.15) is 0 Å². The molecule has 3 aromatic rings. The van der Waals surface area contributed by atoms with Crippen molar-refractivity contribution in [3.63, 3.8) is 0 Å². The molecule has 5 nitrogen and oxygen atoms in total. The molecular weight excluding hydrogens is 312 g/mol. The monoisotopic (exact) mass is 334 g/mol. The molecule has 0 spiro atoms. The van der Waals surface area contributed by atoms with Crippen LogP contribution in [-0.4, -0.2) is 32.8 Å². The lowest BCUT2D eigenvalue weighted by Gasteiger charge is -2.41. The highest BCUT2D eigenvalue weighted by Gasteiger charge is 2.50. The number of aromatic nitrogens is 3. The SMILES string of the molecule is O[C@]1(c2ccccc2)CCC[C@@H]2CN(c3nnc4ccccn34)C[C@@H]21. The number of benzene rings is 1. The van der Waals surface area contributed by atoms with Gasteiger partial charge in [0.15, 0.2) is 5.65 Å². The first-order valence-corrected chi connectivity index (χ1v) is 9.08. The first kappa shape index (κ1) is 14.9. The standard InChI is InChI=1S/C20H22N4O/c25-20(16-8-2-1-3-9-16)11-6-7-15-13-23(14-17(15)20)19-22-21-18-10-4-5-12-24(18)19/h1-5,8-10,12,15,17,25H,6-7,11,13-14H2/t15-,17+,20+/m1/s1. The maximum atomic E-state index is 11.6. The first-order valence-electron chi connectivity index (χ1n) is 9.08. The zero-order chi connectivity index (χ0) is 16.9. The number of hydrogen-bond acceptors (Lipinski definition) is 4. The minimum absolute atomic E-state index is 0.236. The van der Waals surface area contributed by atoms with E-state index in [9.17, 15) is 5.11 Å². The van der Waals surface area contributed by atoms with Crippen LogP contribution in [0.15, 0.2) is 54.7 Å². The number of aliphatic hydroxyl groups is 1. The van der Waals surface area contributed by atoms with Crippen molar-refractivity contribution in [2.45, 2.75) is 24.9 Å². The summed E-state index contributed by atoms with van der Waals surface area (Å²) in [5.74, 6) is 1.62. The third-order valence-electron chi connectivity index (χ3n) is 6.04. The Morgan fingerprint density at radius 3 is 2.72 bits per heavy atom. The molecule has 5 heteroatoms. The molecule has 2 fully saturated rings. The van der Waals surface area contributed by atoms with Crippen LogP contribution in [-0.2, 0) is 5.60 Å². The maximum absolute atomic E-state index is 11.6. The molecule has 1 aliphatic carbocycles. The average molecular weight is 334 g/mol. The van der Waals surface area contributed by atoms with E-state index in [0.29, 0.717) is 5.92 Å². The van der Waals surface area contributed by atoms with Gasteiger partial charge >= 0.3 is 0 Å². The fraction of sp³-hybridized carbons (Fsp3) is 0.400. The van der Waals surface area contributed by atoms with Crippen molar-refractivity contribution in [3.05, 3.63) is 60.3 Å². The molecule has 1 aromatic carbocycles. The normalized spacial score (nSPS) is 29.1. The molecule has 5 rings (SSSR count). The van der Waals surface area contributed by atoms with E-state index in [0.717, 1.165) is 43.1 Å². The van der Waals surface area contributed by atoms with Crippen LogP contribution in [0.5, 0.6) is 0 Å². The Morgan fingerprint density at radius 1 is 1.00 bits per heavy atom. The Bertz CT molecular complexity index is 893. The van der Waals surface area contributed by atoms with Crippen LogP contribution >= 0.6 is 0 Å². The Morgan fingerprint density at radius 2 is 1.84 bits per heavy atom. The Hall–Kier alpha value is -2.40. The summed E-state index contributed by atoms with van der Waals surface area (Å²) in [4.78, 5) is 2.30. The van der Waals surface area contributed by atoms with Crippen LogP contribution in [0, 0.1) is 11.8 Å². The van der Waals surface area contributed by atoms with Gasteiger partial charge < -0.3 is 10.0 Å². The third-order valence-corrected chi connectivity index (χ3v) is 6.04. The highest BCUT2D eigenvalue weighted by atomic mass is 16.3. The third kappa shape index (κ3) is 2.26. The molecule has 128 valence electrons. The summed E-state index contributed by atoms with van der Waals surface area (Å²) >= 11 is 0. The summed E-state index contributed by atoms with van der Waals surface area (Å²) < 4.78 is 2.04. The van der Waals surface area contributed by atoms with Crippen LogP contribution in [0.2, 0.25) is 0 Å². The van der Waals surface area contributed by atoms with Gasteiger partial charge in [0, 0.05) is 25.2 Å². The van der Waals surface area contributed by atoms with E-state index in [4.69, 9.17) is 0 Å². The van der Waals surface area contributed by atoms with E-state index in [2.05, 4.69) is 27.2 Å². The zero-order valence-electron chi connectivity index (χ0n) is 14.1. The highest BCUT2D eigenvalue weighted by molar-refractivity contribution is 5.47. The van der Waals surface area contributed by atoms with Crippen LogP contribution in [0.3, 0.4) is 0 Å². The number of nitrogens with zero attached hydrogens (tertiary/aromatic N) is 4. The van der Waals surface area contributed by atoms with Crippen molar-refractivity contribution < 1.29 is 5.11 Å². The molecule has 1 saturated heterocycles. The van der Waals surface area contributed by atoms with Crippen molar-refractivity contribution in [3.8, 4) is 0 Å². The van der Waals surface area contributed by atoms with E-state index in [1.807, 2.05) is 47.0 Å². The summed E-state index contributed by atoms with van der Waals surface area (Å²) in [5.41, 5.74) is 1.18. The fourth-order valence-corrected chi connectivity index (χ4v) is 4.82. The van der Waals surface area contributed by atoms with Gasteiger partial charge in [0.05, 0.1) is 5.60 Å². The van der Waals surface area contributed by atoms with Gasteiger partial charge in [-0.2, -0.15) is 0 Å². The van der Waals surface area contributed by atoms with E-state index in [1.165, 1.54) is 6.42 Å². The maximum Gasteiger partial charge on any atom is 0.231 e. The smallest absolute Gasteiger partial charge is 0.231 e. The number of hydrogen-bond donors (Lipinski definition) is 1. The second-order valence-electron chi connectivity index (χ2n) is 7.38. The Labute approximate surface area is 146 Å². The number of fused-ring (bicyclic) bond motifs is 2. The van der Waals surface area contributed by atoms with Crippen molar-refractivity contribution in [1.29, 1.82) is 0 Å². The lowest BCUT2D eigenvalue weighted by atomic mass is 9.67. The minimum atomic E-state index is -0.737. The topological polar surface area (TPSA) is 53.7 Å². The molecular formula is C20H22N4O. The fourth-order valence-electron chi connectivity index (χ4n) is 4.82. The minimum Gasteiger partial charge on any atom is -0.385 e. The predicted molar refractivity (Wildman–Crippen MR) is 96.4 cm³/mol. The zero-order valence-corrected chi connectivity index (χ0v) is 14.1. The van der Waals surface area contributed by atoms with Gasteiger partial charge in [-0.3, -0.25) is 4.40 Å². The molecule has 0 bridgehead atoms. The number of pyridine rings is 1. The Balaban J connectivity index is 1.50. The van der Waals surface area contributed by atoms with Gasteiger partial charge in [0.2, 0.25) is 5.95 Å². The van der Waals surface area contributed by atoms with Gasteiger partial charge in [0.25, 0.3) is 0 Å². The van der Waals surface area contributed by atoms with Crippen LogP contribution in [0.4, 0.5) is 5.95 Å². The largest absolute Gasteiger partial charge is 0.385 e. The van der Waals surface area contributed by atoms with Crippen molar-refractivity contribution in [2.75, 3.05) is 18.0 Å². The summed E-state index contributed by atoms with van der Waals surface area (Å²) in [6.45, 7) is 1.77. The Kier molecular flexibility index (Phi) is 3.31. The molecule has 2 aliphatic rings. The predicted octanol–water partition coefficient (Wildman–Crippen LogP) is 2.85. The lowest BCUT2D eigenvalue weighted by Crippen LogP contribution is -2.42. The van der Waals surface area contributed by atoms with E-state index >= 15 is 0 Å². The summed E-state index contributed by atoms with van der Waals surface area (Å²) in [6, 6.07) is 16.1. The van der Waals surface area contributed by atoms with Gasteiger partial charge in [-0.1, -0.05) is 36.4 Å². The van der Waals surface area contributed by atoms with Crippen molar-refractivity contribution >= 4 is 11.6 Å². The molecule has 1 aliphatic heterocycles. The summed E-state index contributed by atoms with van der Waals surface area (Å²) in [7, 11) is 0. The lowest BCUT2D eigenvalue weighted by molar-refractivity contribution is -0.0631. The van der Waals surface area contributed by atoms with E-state index in [-0.39, 0.29) is 5.92 Å². The molecule has 3 heterocycles. The van der Waals surface area contributed by atoms with Crippen LogP contribution in [0.1, 0.15) is 24.8 Å². The molecule has 2 aromatic heterocycles. The molecule has 0 amide bonds. The van der Waals surface area contributed by atoms with E-state index in [1.54, 1.807) is 0 Å². The number of rotatable bonds is 2. The average Bonchev–Trinajstić information content (AvgIpc) is 3.27. The second-order valence-corrected chi connectivity index (χ2v) is 7.38. The van der Waals surface area contributed by atoms with Gasteiger partial charge in [-0.25, -0.2) is 0 Å². The highest BCUT2D eigenvalue weighted by Crippen LogP contribution is 2.48. The second kappa shape index (κ2) is 5.56. The molecule has 0 unspecified atom stereocenters. The van der Waals surface area contributed by atoms with E-state index < -0.39 is 5.60 Å². The first-order chi connectivity index (χ1) is 12.3. The van der Waals surface area contributed by atoms with Crippen LogP contribution < -0.4 is 4.90 Å². The molecule has 25 heavy (non-hydrogen) atoms. The number of anilines is 1. The van der Waals surface area contributed by atoms with Gasteiger partial charge in [-0.15, -0.1) is 10.2 Å². The summed E-state index contributed by atoms with van der Waals surface area (Å²) in [6.07, 6.45) is 5.09. The molecule has 1 saturated carbocycles. The van der Waals surface area contributed by atoms with Gasteiger partial charge in [-0.05, 0) is 42.9 Å².